The molecule has 4 rings (SSSR count). The van der Waals surface area contributed by atoms with Crippen LogP contribution in [0, 0.1) is 18.7 Å². The summed E-state index contributed by atoms with van der Waals surface area (Å²) in [6, 6.07) is 18.6. The SMILES string of the molecule is Cc1ccc(C(O)CS[C@H]2C(=O)N(c3ccc(F)cc3)[C@@H]2c2ccc(OCC(=O)NCC(=O)CC(C)[C@@H](N)C(=O)O)cc2)cc1. The van der Waals surface area contributed by atoms with Gasteiger partial charge in [0.1, 0.15) is 22.9 Å². The Labute approximate surface area is 264 Å². The number of β-lactam (4-membered cyclic amide) rings is 1. The number of thioether (sulfide) groups is 1. The van der Waals surface area contributed by atoms with Gasteiger partial charge in [0, 0.05) is 17.9 Å². The van der Waals surface area contributed by atoms with Crippen molar-refractivity contribution < 1.29 is 38.5 Å². The van der Waals surface area contributed by atoms with Crippen LogP contribution in [0.5, 0.6) is 5.75 Å². The number of carbonyl (C=O) groups excluding carboxylic acids is 3. The van der Waals surface area contributed by atoms with Crippen molar-refractivity contribution in [3.8, 4) is 5.75 Å². The normalized spacial score (nSPS) is 18.0. The van der Waals surface area contributed by atoms with Crippen molar-refractivity contribution in [3.63, 3.8) is 0 Å². The van der Waals surface area contributed by atoms with E-state index in [1.165, 1.54) is 23.9 Å². The Hall–Kier alpha value is -4.26. The quantitative estimate of drug-likeness (QED) is 0.183. The third kappa shape index (κ3) is 8.68. The Morgan fingerprint density at radius 3 is 2.31 bits per heavy atom. The summed E-state index contributed by atoms with van der Waals surface area (Å²) in [5, 5.41) is 21.7. The van der Waals surface area contributed by atoms with E-state index in [2.05, 4.69) is 5.32 Å². The molecule has 1 aliphatic rings. The third-order valence-electron chi connectivity index (χ3n) is 7.57. The maximum atomic E-state index is 13.6. The number of ketones is 1. The first-order valence-corrected chi connectivity index (χ1v) is 15.4. The van der Waals surface area contributed by atoms with Gasteiger partial charge in [0.15, 0.2) is 12.4 Å². The highest BCUT2D eigenvalue weighted by atomic mass is 32.2. The second-order valence-electron chi connectivity index (χ2n) is 11.0. The molecule has 1 heterocycles. The summed E-state index contributed by atoms with van der Waals surface area (Å²) in [4.78, 5) is 50.2. The molecule has 12 heteroatoms. The number of nitrogens with zero attached hydrogens (tertiary/aromatic N) is 1. The fraction of sp³-hybridized carbons (Fsp3) is 0.333. The molecule has 2 unspecified atom stereocenters. The van der Waals surface area contributed by atoms with Gasteiger partial charge < -0.3 is 30.9 Å². The van der Waals surface area contributed by atoms with Crippen LogP contribution >= 0.6 is 11.8 Å². The number of amides is 2. The number of carboxylic acids is 1. The van der Waals surface area contributed by atoms with Gasteiger partial charge in [-0.2, -0.15) is 0 Å². The monoisotopic (exact) mass is 637 g/mol. The number of ether oxygens (including phenoxy) is 1. The van der Waals surface area contributed by atoms with E-state index in [9.17, 15) is 28.7 Å². The van der Waals surface area contributed by atoms with E-state index in [-0.39, 0.29) is 31.3 Å². The number of carboxylic acid groups (broad SMARTS) is 1. The standard InChI is InChI=1S/C33H36FN3O7S/c1-19-3-5-21(6-4-19)27(39)18-45-31-30(37(32(31)41)24-11-9-23(34)10-12-24)22-7-13-26(14-8-22)44-17-28(40)36-16-25(38)15-20(2)29(35)33(42)43/h3-14,20,27,29-31,39H,15-18,35H2,1-2H3,(H,36,40)(H,42,43)/t20?,27?,29-,30-,31-/m1/s1. The molecule has 3 aromatic carbocycles. The van der Waals surface area contributed by atoms with E-state index >= 15 is 0 Å². The number of nitrogens with one attached hydrogen (secondary N) is 1. The summed E-state index contributed by atoms with van der Waals surface area (Å²) >= 11 is 1.35. The first-order valence-electron chi connectivity index (χ1n) is 14.4. The number of benzene rings is 3. The topological polar surface area (TPSA) is 159 Å². The molecule has 1 saturated heterocycles. The fourth-order valence-electron chi connectivity index (χ4n) is 4.88. The van der Waals surface area contributed by atoms with Crippen LogP contribution in [0.15, 0.2) is 72.8 Å². The summed E-state index contributed by atoms with van der Waals surface area (Å²) in [6.45, 7) is 2.90. The van der Waals surface area contributed by atoms with Gasteiger partial charge in [-0.3, -0.25) is 19.2 Å². The molecule has 5 atom stereocenters. The van der Waals surface area contributed by atoms with Gasteiger partial charge in [-0.15, -0.1) is 11.8 Å². The van der Waals surface area contributed by atoms with Crippen molar-refractivity contribution in [2.24, 2.45) is 11.7 Å². The molecule has 3 aromatic rings. The maximum absolute atomic E-state index is 13.6. The van der Waals surface area contributed by atoms with Crippen molar-refractivity contribution in [1.82, 2.24) is 5.32 Å². The summed E-state index contributed by atoms with van der Waals surface area (Å²) in [7, 11) is 0. The number of aliphatic hydroxyl groups is 1. The van der Waals surface area contributed by atoms with E-state index in [1.54, 1.807) is 48.2 Å². The van der Waals surface area contributed by atoms with Crippen molar-refractivity contribution in [3.05, 3.63) is 95.3 Å². The van der Waals surface area contributed by atoms with E-state index in [4.69, 9.17) is 15.6 Å². The van der Waals surface area contributed by atoms with Gasteiger partial charge in [-0.25, -0.2) is 4.39 Å². The first-order chi connectivity index (χ1) is 21.4. The van der Waals surface area contributed by atoms with E-state index in [0.717, 1.165) is 16.7 Å². The van der Waals surface area contributed by atoms with Crippen LogP contribution in [0.2, 0.25) is 0 Å². The fourth-order valence-corrected chi connectivity index (χ4v) is 6.18. The van der Waals surface area contributed by atoms with Crippen LogP contribution in [-0.4, -0.2) is 64.0 Å². The van der Waals surface area contributed by atoms with Gasteiger partial charge >= 0.3 is 5.97 Å². The van der Waals surface area contributed by atoms with Crippen LogP contribution in [0.4, 0.5) is 10.1 Å². The number of aliphatic carboxylic acids is 1. The van der Waals surface area contributed by atoms with Gasteiger partial charge in [-0.05, 0) is 60.4 Å². The zero-order valence-electron chi connectivity index (χ0n) is 24.9. The average Bonchev–Trinajstić information content (AvgIpc) is 3.02. The van der Waals surface area contributed by atoms with E-state index in [0.29, 0.717) is 17.2 Å². The van der Waals surface area contributed by atoms with Gasteiger partial charge in [0.25, 0.3) is 5.91 Å². The predicted molar refractivity (Wildman–Crippen MR) is 168 cm³/mol. The number of hydrogen-bond acceptors (Lipinski definition) is 8. The highest BCUT2D eigenvalue weighted by Crippen LogP contribution is 2.46. The molecule has 238 valence electrons. The number of aryl methyl sites for hydroxylation is 1. The summed E-state index contributed by atoms with van der Waals surface area (Å²) in [5.41, 5.74) is 8.71. The van der Waals surface area contributed by atoms with Crippen LogP contribution in [-0.2, 0) is 19.2 Å². The number of nitrogens with two attached hydrogens (primary N) is 1. The van der Waals surface area contributed by atoms with Crippen molar-refractivity contribution in [1.29, 1.82) is 0 Å². The molecule has 0 spiro atoms. The molecule has 2 amide bonds. The van der Waals surface area contributed by atoms with E-state index in [1.807, 2.05) is 31.2 Å². The number of rotatable bonds is 15. The molecule has 5 N–H and O–H groups in total. The van der Waals surface area contributed by atoms with Crippen molar-refractivity contribution in [2.75, 3.05) is 23.8 Å². The zero-order valence-corrected chi connectivity index (χ0v) is 25.7. The summed E-state index contributed by atoms with van der Waals surface area (Å²) in [5.74, 6) is -2.54. The zero-order chi connectivity index (χ0) is 32.7. The van der Waals surface area contributed by atoms with Crippen molar-refractivity contribution >= 4 is 41.0 Å². The minimum absolute atomic E-state index is 0.0845. The Bertz CT molecular complexity index is 1500. The molecule has 0 aliphatic carbocycles. The van der Waals surface area contributed by atoms with Gasteiger partial charge in [0.2, 0.25) is 5.91 Å². The second-order valence-corrected chi connectivity index (χ2v) is 12.2. The van der Waals surface area contributed by atoms with E-state index < -0.39 is 47.0 Å². The number of hydrogen-bond donors (Lipinski definition) is 4. The molecule has 0 aromatic heterocycles. The molecular weight excluding hydrogens is 601 g/mol. The molecule has 45 heavy (non-hydrogen) atoms. The highest BCUT2D eigenvalue weighted by molar-refractivity contribution is 8.00. The lowest BCUT2D eigenvalue weighted by Gasteiger charge is -2.47. The molecule has 1 aliphatic heterocycles. The third-order valence-corrected chi connectivity index (χ3v) is 8.90. The molecule has 0 radical (unpaired) electrons. The Morgan fingerprint density at radius 1 is 1.04 bits per heavy atom. The highest BCUT2D eigenvalue weighted by Gasteiger charge is 2.49. The Balaban J connectivity index is 1.36. The molecule has 0 bridgehead atoms. The lowest BCUT2D eigenvalue weighted by atomic mass is 9.92. The number of anilines is 1. The van der Waals surface area contributed by atoms with Crippen LogP contribution in [0.3, 0.4) is 0 Å². The summed E-state index contributed by atoms with van der Waals surface area (Å²) in [6.07, 6.45) is -0.842. The van der Waals surface area contributed by atoms with Crippen molar-refractivity contribution in [2.45, 2.75) is 43.7 Å². The van der Waals surface area contributed by atoms with Gasteiger partial charge in [-0.1, -0.05) is 48.9 Å². The minimum Gasteiger partial charge on any atom is -0.484 e. The van der Waals surface area contributed by atoms with Gasteiger partial charge in [0.05, 0.1) is 18.7 Å². The number of aliphatic hydroxyl groups excluding tert-OH is 1. The molecule has 0 saturated carbocycles. The lowest BCUT2D eigenvalue weighted by Crippen LogP contribution is -2.57. The molecular formula is C33H36FN3O7S. The number of halogens is 1. The van der Waals surface area contributed by atoms with Crippen LogP contribution < -0.4 is 20.7 Å². The number of carbonyl (C=O) groups is 4. The average molecular weight is 638 g/mol. The smallest absolute Gasteiger partial charge is 0.320 e. The lowest BCUT2D eigenvalue weighted by molar-refractivity contribution is -0.140. The van der Waals surface area contributed by atoms with Crippen LogP contribution in [0.25, 0.3) is 0 Å². The Kier molecular flexibility index (Phi) is 11.3. The summed E-state index contributed by atoms with van der Waals surface area (Å²) < 4.78 is 19.2. The predicted octanol–water partition coefficient (Wildman–Crippen LogP) is 3.56. The minimum atomic E-state index is -1.20. The maximum Gasteiger partial charge on any atom is 0.320 e. The molecule has 1 fully saturated rings. The number of Topliss-reactive ketones (excluding diaryl/α,β-unsaturated/α-hetero) is 1. The first kappa shape index (κ1) is 33.6. The molecule has 10 nitrogen and oxygen atoms in total. The Morgan fingerprint density at radius 2 is 1.69 bits per heavy atom. The largest absolute Gasteiger partial charge is 0.484 e. The van der Waals surface area contributed by atoms with Crippen LogP contribution in [0.1, 0.15) is 42.2 Å². The second kappa shape index (κ2) is 15.2.